The van der Waals surface area contributed by atoms with E-state index in [4.69, 9.17) is 4.74 Å². The zero-order chi connectivity index (χ0) is 16.5. The van der Waals surface area contributed by atoms with Crippen LogP contribution in [0.4, 0.5) is 5.69 Å². The van der Waals surface area contributed by atoms with Crippen molar-refractivity contribution in [2.24, 2.45) is 4.99 Å². The van der Waals surface area contributed by atoms with Crippen LogP contribution >= 0.6 is 24.0 Å². The van der Waals surface area contributed by atoms with E-state index in [2.05, 4.69) is 27.4 Å². The van der Waals surface area contributed by atoms with Gasteiger partial charge in [-0.15, -0.1) is 24.0 Å². The maximum Gasteiger partial charge on any atom is 0.238 e. The average Bonchev–Trinajstić information content (AvgIpc) is 2.60. The summed E-state index contributed by atoms with van der Waals surface area (Å²) in [6.07, 6.45) is 1.96. The highest BCUT2D eigenvalue weighted by atomic mass is 127. The number of aliphatic imine (C=N–C) groups is 1. The first-order chi connectivity index (χ1) is 11.2. The van der Waals surface area contributed by atoms with E-state index in [1.165, 1.54) is 0 Å². The van der Waals surface area contributed by atoms with Gasteiger partial charge in [0.05, 0.1) is 25.2 Å². The highest BCUT2D eigenvalue weighted by Crippen LogP contribution is 2.22. The van der Waals surface area contributed by atoms with Crippen LogP contribution in [0.2, 0.25) is 0 Å². The molecule has 7 heteroatoms. The molecule has 0 atom stereocenters. The van der Waals surface area contributed by atoms with E-state index in [-0.39, 0.29) is 29.9 Å². The van der Waals surface area contributed by atoms with E-state index >= 15 is 0 Å². The molecule has 1 amide bonds. The molecule has 0 radical (unpaired) electrons. The summed E-state index contributed by atoms with van der Waals surface area (Å²) in [5.74, 6) is 1.69. The number of rotatable bonds is 8. The van der Waals surface area contributed by atoms with Crippen LogP contribution < -0.4 is 15.4 Å². The summed E-state index contributed by atoms with van der Waals surface area (Å²) < 4.78 is 5.25. The maximum atomic E-state index is 12.2. The SMILES string of the molecule is CCN(CCC1=NCCCN1)CC(=O)Nc1ccccc1OC.I. The molecule has 1 aromatic rings. The number of halogens is 1. The average molecular weight is 446 g/mol. The van der Waals surface area contributed by atoms with Crippen molar-refractivity contribution >= 4 is 41.4 Å². The van der Waals surface area contributed by atoms with Crippen molar-refractivity contribution in [1.29, 1.82) is 0 Å². The van der Waals surface area contributed by atoms with Crippen LogP contribution in [0.3, 0.4) is 0 Å². The van der Waals surface area contributed by atoms with E-state index in [0.29, 0.717) is 18.0 Å². The molecule has 0 saturated carbocycles. The second-order valence-electron chi connectivity index (χ2n) is 5.48. The third-order valence-corrected chi connectivity index (χ3v) is 3.83. The van der Waals surface area contributed by atoms with Gasteiger partial charge in [0, 0.05) is 26.1 Å². The van der Waals surface area contributed by atoms with Gasteiger partial charge >= 0.3 is 0 Å². The minimum absolute atomic E-state index is 0. The van der Waals surface area contributed by atoms with Crippen molar-refractivity contribution in [3.8, 4) is 5.75 Å². The topological polar surface area (TPSA) is 66.0 Å². The van der Waals surface area contributed by atoms with Gasteiger partial charge in [-0.2, -0.15) is 0 Å². The Morgan fingerprint density at radius 1 is 1.42 bits per heavy atom. The standard InChI is InChI=1S/C17H26N4O2.HI/c1-3-21(12-9-16-18-10-6-11-19-16)13-17(22)20-14-7-4-5-8-15(14)23-2;/h4-5,7-8H,3,6,9-13H2,1-2H3,(H,18,19)(H,20,22);1H. The summed E-state index contributed by atoms with van der Waals surface area (Å²) in [6, 6.07) is 7.43. The van der Waals surface area contributed by atoms with Crippen LogP contribution in [-0.4, -0.2) is 56.5 Å². The third kappa shape index (κ3) is 6.64. The molecule has 1 aliphatic heterocycles. The van der Waals surface area contributed by atoms with Crippen molar-refractivity contribution < 1.29 is 9.53 Å². The second-order valence-corrected chi connectivity index (χ2v) is 5.48. The fourth-order valence-corrected chi connectivity index (χ4v) is 2.50. The van der Waals surface area contributed by atoms with E-state index in [1.54, 1.807) is 7.11 Å². The van der Waals surface area contributed by atoms with Crippen LogP contribution in [0.5, 0.6) is 5.75 Å². The van der Waals surface area contributed by atoms with E-state index in [1.807, 2.05) is 24.3 Å². The Hall–Kier alpha value is -1.35. The molecule has 0 aliphatic carbocycles. The summed E-state index contributed by atoms with van der Waals surface area (Å²) in [5.41, 5.74) is 0.703. The number of amidine groups is 1. The van der Waals surface area contributed by atoms with Gasteiger partial charge in [0.1, 0.15) is 5.75 Å². The van der Waals surface area contributed by atoms with Gasteiger partial charge < -0.3 is 15.4 Å². The number of methoxy groups -OCH3 is 1. The first-order valence-electron chi connectivity index (χ1n) is 8.15. The van der Waals surface area contributed by atoms with E-state index in [0.717, 1.165) is 44.9 Å². The molecular weight excluding hydrogens is 419 g/mol. The lowest BCUT2D eigenvalue weighted by atomic mass is 10.2. The largest absolute Gasteiger partial charge is 0.495 e. The summed E-state index contributed by atoms with van der Waals surface area (Å²) in [7, 11) is 1.60. The number of likely N-dealkylation sites (N-methyl/N-ethyl adjacent to an activating group) is 1. The number of para-hydroxylation sites is 2. The van der Waals surface area contributed by atoms with Crippen molar-refractivity contribution in [2.75, 3.05) is 45.2 Å². The maximum absolute atomic E-state index is 12.2. The summed E-state index contributed by atoms with van der Waals surface area (Å²) in [5, 5.41) is 6.23. The molecular formula is C17H27IN4O2. The molecule has 0 unspecified atom stereocenters. The van der Waals surface area contributed by atoms with Gasteiger partial charge in [-0.05, 0) is 25.1 Å². The predicted octanol–water partition coefficient (Wildman–Crippen LogP) is 2.36. The number of nitrogens with zero attached hydrogens (tertiary/aromatic N) is 2. The Balaban J connectivity index is 0.00000288. The number of nitrogens with one attached hydrogen (secondary N) is 2. The minimum Gasteiger partial charge on any atom is -0.495 e. The fourth-order valence-electron chi connectivity index (χ4n) is 2.50. The Morgan fingerprint density at radius 2 is 2.21 bits per heavy atom. The Labute approximate surface area is 161 Å². The van der Waals surface area contributed by atoms with Gasteiger partial charge in [0.15, 0.2) is 0 Å². The number of carbonyl (C=O) groups is 1. The Morgan fingerprint density at radius 3 is 2.88 bits per heavy atom. The first kappa shape index (κ1) is 20.7. The lowest BCUT2D eigenvalue weighted by Gasteiger charge is -2.22. The molecule has 1 aliphatic rings. The number of ether oxygens (including phenoxy) is 1. The molecule has 2 rings (SSSR count). The van der Waals surface area contributed by atoms with Gasteiger partial charge in [-0.1, -0.05) is 19.1 Å². The van der Waals surface area contributed by atoms with Gasteiger partial charge in [0.2, 0.25) is 5.91 Å². The molecule has 2 N–H and O–H groups in total. The zero-order valence-corrected chi connectivity index (χ0v) is 16.7. The van der Waals surface area contributed by atoms with Crippen molar-refractivity contribution in [3.63, 3.8) is 0 Å². The van der Waals surface area contributed by atoms with Crippen molar-refractivity contribution in [3.05, 3.63) is 24.3 Å². The third-order valence-electron chi connectivity index (χ3n) is 3.83. The molecule has 0 bridgehead atoms. The molecule has 0 fully saturated rings. The molecule has 134 valence electrons. The van der Waals surface area contributed by atoms with Gasteiger partial charge in [-0.25, -0.2) is 0 Å². The quantitative estimate of drug-likeness (QED) is 0.602. The van der Waals surface area contributed by atoms with Crippen molar-refractivity contribution in [1.82, 2.24) is 10.2 Å². The number of hydrogen-bond acceptors (Lipinski definition) is 5. The Kier molecular flexibility index (Phi) is 9.70. The molecule has 1 heterocycles. The number of hydrogen-bond donors (Lipinski definition) is 2. The molecule has 24 heavy (non-hydrogen) atoms. The normalized spacial score (nSPS) is 13.5. The van der Waals surface area contributed by atoms with Crippen LogP contribution in [0.25, 0.3) is 0 Å². The zero-order valence-electron chi connectivity index (χ0n) is 14.4. The minimum atomic E-state index is -0.0325. The second kappa shape index (κ2) is 11.2. The van der Waals surface area contributed by atoms with Crippen LogP contribution in [0.15, 0.2) is 29.3 Å². The van der Waals surface area contributed by atoms with Crippen LogP contribution in [0, 0.1) is 0 Å². The van der Waals surface area contributed by atoms with Crippen LogP contribution in [0.1, 0.15) is 19.8 Å². The summed E-state index contributed by atoms with van der Waals surface area (Å²) in [6.45, 7) is 5.98. The molecule has 0 spiro atoms. The summed E-state index contributed by atoms with van der Waals surface area (Å²) in [4.78, 5) is 18.8. The fraction of sp³-hybridized carbons (Fsp3) is 0.529. The molecule has 0 saturated heterocycles. The van der Waals surface area contributed by atoms with Crippen molar-refractivity contribution in [2.45, 2.75) is 19.8 Å². The molecule has 6 nitrogen and oxygen atoms in total. The Bertz CT molecular complexity index is 551. The lowest BCUT2D eigenvalue weighted by molar-refractivity contribution is -0.117. The first-order valence-corrected chi connectivity index (χ1v) is 8.15. The lowest BCUT2D eigenvalue weighted by Crippen LogP contribution is -2.37. The van der Waals surface area contributed by atoms with Gasteiger partial charge in [0.25, 0.3) is 0 Å². The van der Waals surface area contributed by atoms with Crippen LogP contribution in [-0.2, 0) is 4.79 Å². The smallest absolute Gasteiger partial charge is 0.238 e. The molecule has 0 aromatic heterocycles. The number of amides is 1. The summed E-state index contributed by atoms with van der Waals surface area (Å²) >= 11 is 0. The van der Waals surface area contributed by atoms with Gasteiger partial charge in [-0.3, -0.25) is 14.7 Å². The van der Waals surface area contributed by atoms with E-state index < -0.39 is 0 Å². The molecule has 1 aromatic carbocycles. The highest BCUT2D eigenvalue weighted by Gasteiger charge is 2.13. The van der Waals surface area contributed by atoms with E-state index in [9.17, 15) is 4.79 Å². The predicted molar refractivity (Wildman–Crippen MR) is 109 cm³/mol. The number of anilines is 1. The highest BCUT2D eigenvalue weighted by molar-refractivity contribution is 14.0. The number of carbonyl (C=O) groups excluding carboxylic acids is 1. The number of benzene rings is 1. The monoisotopic (exact) mass is 446 g/mol.